The first kappa shape index (κ1) is 22.5. The molecule has 146 valence electrons. The van der Waals surface area contributed by atoms with E-state index in [0.29, 0.717) is 19.1 Å². The summed E-state index contributed by atoms with van der Waals surface area (Å²) < 4.78 is 0. The highest BCUT2D eigenvalue weighted by molar-refractivity contribution is 14.0. The Labute approximate surface area is 172 Å². The molecule has 0 aliphatic carbocycles. The minimum absolute atomic E-state index is 0. The van der Waals surface area contributed by atoms with E-state index >= 15 is 0 Å². The molecule has 1 aliphatic rings. The average molecular weight is 475 g/mol. The second-order valence-electron chi connectivity index (χ2n) is 6.23. The number of halogens is 1. The van der Waals surface area contributed by atoms with Crippen molar-refractivity contribution >= 4 is 35.8 Å². The van der Waals surface area contributed by atoms with Crippen LogP contribution in [0, 0.1) is 0 Å². The Balaban J connectivity index is 0.00000338. The summed E-state index contributed by atoms with van der Waals surface area (Å²) in [5.41, 5.74) is 1.05. The summed E-state index contributed by atoms with van der Waals surface area (Å²) in [6.07, 6.45) is 1.97. The number of piperidine rings is 1. The van der Waals surface area contributed by atoms with Crippen LogP contribution in [-0.2, 0) is 11.3 Å². The van der Waals surface area contributed by atoms with Crippen LogP contribution in [0.25, 0.3) is 0 Å². The van der Waals surface area contributed by atoms with E-state index in [4.69, 9.17) is 0 Å². The largest absolute Gasteiger partial charge is 0.508 e. The number of hydrogen-bond acceptors (Lipinski definition) is 4. The molecule has 4 N–H and O–H groups in total. The van der Waals surface area contributed by atoms with Crippen molar-refractivity contribution in [2.24, 2.45) is 4.99 Å². The van der Waals surface area contributed by atoms with E-state index in [9.17, 15) is 9.90 Å². The number of amides is 1. The Morgan fingerprint density at radius 2 is 1.92 bits per heavy atom. The van der Waals surface area contributed by atoms with Gasteiger partial charge in [-0.15, -0.1) is 24.0 Å². The van der Waals surface area contributed by atoms with Gasteiger partial charge in [0.1, 0.15) is 5.75 Å². The van der Waals surface area contributed by atoms with E-state index in [1.54, 1.807) is 19.2 Å². The number of carbonyl (C=O) groups excluding carboxylic acids is 1. The van der Waals surface area contributed by atoms with Crippen LogP contribution in [-0.4, -0.2) is 61.1 Å². The quantitative estimate of drug-likeness (QED) is 0.283. The third-order valence-electron chi connectivity index (χ3n) is 4.27. The van der Waals surface area contributed by atoms with Crippen LogP contribution in [0.2, 0.25) is 0 Å². The fraction of sp³-hybridized carbons (Fsp3) is 0.556. The number of carbonyl (C=O) groups is 1. The molecule has 0 unspecified atom stereocenters. The lowest BCUT2D eigenvalue weighted by atomic mass is 10.1. The maximum absolute atomic E-state index is 11.5. The number of nitrogens with zero attached hydrogens (tertiary/aromatic N) is 2. The van der Waals surface area contributed by atoms with Gasteiger partial charge < -0.3 is 21.1 Å². The van der Waals surface area contributed by atoms with Crippen LogP contribution in [0.5, 0.6) is 5.75 Å². The number of guanidine groups is 1. The summed E-state index contributed by atoms with van der Waals surface area (Å²) >= 11 is 0. The van der Waals surface area contributed by atoms with Crippen molar-refractivity contribution in [1.29, 1.82) is 0 Å². The minimum atomic E-state index is 0. The molecule has 2 rings (SSSR count). The molecule has 1 fully saturated rings. The maximum atomic E-state index is 11.5. The molecule has 7 nitrogen and oxygen atoms in total. The number of phenols is 1. The Kier molecular flexibility index (Phi) is 10.3. The highest BCUT2D eigenvalue weighted by Gasteiger charge is 2.21. The molecule has 1 amide bonds. The Morgan fingerprint density at radius 1 is 1.27 bits per heavy atom. The molecule has 1 aliphatic heterocycles. The van der Waals surface area contributed by atoms with Crippen molar-refractivity contribution in [2.45, 2.75) is 32.4 Å². The van der Waals surface area contributed by atoms with Crippen molar-refractivity contribution in [3.8, 4) is 5.75 Å². The summed E-state index contributed by atoms with van der Waals surface area (Å²) in [6.45, 7) is 5.69. The molecule has 1 aromatic rings. The molecule has 1 saturated heterocycles. The fourth-order valence-corrected chi connectivity index (χ4v) is 2.80. The van der Waals surface area contributed by atoms with Crippen LogP contribution in [0.4, 0.5) is 0 Å². The van der Waals surface area contributed by atoms with Gasteiger partial charge in [-0.2, -0.15) is 0 Å². The highest BCUT2D eigenvalue weighted by Crippen LogP contribution is 2.11. The van der Waals surface area contributed by atoms with E-state index in [2.05, 4.69) is 25.8 Å². The number of hydrogen-bond donors (Lipinski definition) is 4. The summed E-state index contributed by atoms with van der Waals surface area (Å²) in [7, 11) is 1.67. The van der Waals surface area contributed by atoms with Crippen LogP contribution < -0.4 is 16.0 Å². The first-order chi connectivity index (χ1) is 12.1. The SMILES string of the molecule is CCNC(=NCc1ccc(O)cc1)NC1CCN(CC(=O)NC)CC1.I. The normalized spacial score (nSPS) is 15.8. The molecule has 0 atom stereocenters. The second kappa shape index (κ2) is 11.9. The molecule has 0 bridgehead atoms. The fourth-order valence-electron chi connectivity index (χ4n) is 2.80. The first-order valence-electron chi connectivity index (χ1n) is 8.86. The van der Waals surface area contributed by atoms with Crippen LogP contribution in [0.15, 0.2) is 29.3 Å². The predicted octanol–water partition coefficient (Wildman–Crippen LogP) is 1.28. The number of phenolic OH excluding ortho intramolecular Hbond substituents is 1. The average Bonchev–Trinajstić information content (AvgIpc) is 2.62. The van der Waals surface area contributed by atoms with Gasteiger partial charge in [-0.05, 0) is 37.5 Å². The smallest absolute Gasteiger partial charge is 0.233 e. The number of rotatable bonds is 6. The molecular formula is C18H30IN5O2. The second-order valence-corrected chi connectivity index (χ2v) is 6.23. The first-order valence-corrected chi connectivity index (χ1v) is 8.86. The van der Waals surface area contributed by atoms with Crippen molar-refractivity contribution < 1.29 is 9.90 Å². The molecule has 0 aromatic heterocycles. The zero-order valence-electron chi connectivity index (χ0n) is 15.5. The number of aliphatic imine (C=N–C) groups is 1. The molecule has 0 radical (unpaired) electrons. The number of likely N-dealkylation sites (tertiary alicyclic amines) is 1. The van der Waals surface area contributed by atoms with Gasteiger partial charge in [0.25, 0.3) is 0 Å². The molecule has 0 saturated carbocycles. The van der Waals surface area contributed by atoms with Crippen molar-refractivity contribution in [2.75, 3.05) is 33.2 Å². The van der Waals surface area contributed by atoms with Gasteiger partial charge in [0.2, 0.25) is 5.91 Å². The number of nitrogens with one attached hydrogen (secondary N) is 3. The van der Waals surface area contributed by atoms with Crippen LogP contribution >= 0.6 is 24.0 Å². The topological polar surface area (TPSA) is 89.0 Å². The Bertz CT molecular complexity index is 571. The zero-order valence-corrected chi connectivity index (χ0v) is 17.8. The molecular weight excluding hydrogens is 445 g/mol. The monoisotopic (exact) mass is 475 g/mol. The Morgan fingerprint density at radius 3 is 2.50 bits per heavy atom. The number of benzene rings is 1. The zero-order chi connectivity index (χ0) is 18.1. The van der Waals surface area contributed by atoms with E-state index in [-0.39, 0.29) is 35.6 Å². The van der Waals surface area contributed by atoms with Crippen molar-refractivity contribution in [1.82, 2.24) is 20.9 Å². The molecule has 1 heterocycles. The predicted molar refractivity (Wildman–Crippen MR) is 115 cm³/mol. The summed E-state index contributed by atoms with van der Waals surface area (Å²) in [6, 6.07) is 7.46. The Hall–Kier alpha value is -1.55. The number of likely N-dealkylation sites (N-methyl/N-ethyl adjacent to an activating group) is 1. The van der Waals surface area contributed by atoms with E-state index < -0.39 is 0 Å². The molecule has 26 heavy (non-hydrogen) atoms. The third-order valence-corrected chi connectivity index (χ3v) is 4.27. The molecule has 8 heteroatoms. The summed E-state index contributed by atoms with van der Waals surface area (Å²) in [4.78, 5) is 18.3. The van der Waals surface area contributed by atoms with Crippen molar-refractivity contribution in [3.63, 3.8) is 0 Å². The van der Waals surface area contributed by atoms with Gasteiger partial charge in [0, 0.05) is 32.7 Å². The standard InChI is InChI=1S/C18H29N5O2.HI/c1-3-20-18(21-12-14-4-6-16(24)7-5-14)22-15-8-10-23(11-9-15)13-17(25)19-2;/h4-7,15,24H,3,8-13H2,1-2H3,(H,19,25)(H2,20,21,22);1H. The van der Waals surface area contributed by atoms with Gasteiger partial charge in [-0.3, -0.25) is 9.69 Å². The van der Waals surface area contributed by atoms with Gasteiger partial charge in [-0.1, -0.05) is 12.1 Å². The molecule has 0 spiro atoms. The van der Waals surface area contributed by atoms with Crippen molar-refractivity contribution in [3.05, 3.63) is 29.8 Å². The lowest BCUT2D eigenvalue weighted by Crippen LogP contribution is -2.50. The maximum Gasteiger partial charge on any atom is 0.233 e. The van der Waals surface area contributed by atoms with E-state index in [1.165, 1.54) is 0 Å². The number of aromatic hydroxyl groups is 1. The summed E-state index contributed by atoms with van der Waals surface area (Å²) in [5, 5.41) is 18.8. The van der Waals surface area contributed by atoms with Gasteiger partial charge in [-0.25, -0.2) is 4.99 Å². The van der Waals surface area contributed by atoms with E-state index in [0.717, 1.165) is 44.0 Å². The van der Waals surface area contributed by atoms with Gasteiger partial charge in [0.05, 0.1) is 13.1 Å². The van der Waals surface area contributed by atoms with Crippen LogP contribution in [0.1, 0.15) is 25.3 Å². The minimum Gasteiger partial charge on any atom is -0.508 e. The van der Waals surface area contributed by atoms with Gasteiger partial charge in [0.15, 0.2) is 5.96 Å². The lowest BCUT2D eigenvalue weighted by Gasteiger charge is -2.32. The lowest BCUT2D eigenvalue weighted by molar-refractivity contribution is -0.122. The van der Waals surface area contributed by atoms with Crippen LogP contribution in [0.3, 0.4) is 0 Å². The molecule has 1 aromatic carbocycles. The highest BCUT2D eigenvalue weighted by atomic mass is 127. The van der Waals surface area contributed by atoms with Gasteiger partial charge >= 0.3 is 0 Å². The third kappa shape index (κ3) is 7.77. The summed E-state index contributed by atoms with van der Waals surface area (Å²) in [5.74, 6) is 1.14. The van der Waals surface area contributed by atoms with E-state index in [1.807, 2.05) is 19.1 Å².